The van der Waals surface area contributed by atoms with Crippen LogP contribution in [0.2, 0.25) is 0 Å². The van der Waals surface area contributed by atoms with Crippen LogP contribution in [-0.2, 0) is 14.3 Å². The standard InChI is InChI=1S/C8H9BrO3/c1-8(2)11-5-3-4(9)6(10)7(5)12-8/h3,5,7H,1-2H3/t5-,7-/m1/s1. The van der Waals surface area contributed by atoms with Gasteiger partial charge in [-0.25, -0.2) is 0 Å². The molecular formula is C8H9BrO3. The van der Waals surface area contributed by atoms with Gasteiger partial charge in [0, 0.05) is 0 Å². The van der Waals surface area contributed by atoms with Crippen LogP contribution in [0.5, 0.6) is 0 Å². The molecule has 0 spiro atoms. The van der Waals surface area contributed by atoms with Crippen LogP contribution in [0.15, 0.2) is 10.6 Å². The van der Waals surface area contributed by atoms with Gasteiger partial charge in [-0.3, -0.25) is 4.79 Å². The van der Waals surface area contributed by atoms with Crippen molar-refractivity contribution in [3.05, 3.63) is 10.6 Å². The van der Waals surface area contributed by atoms with E-state index in [4.69, 9.17) is 9.47 Å². The molecule has 1 aliphatic carbocycles. The number of hydrogen-bond acceptors (Lipinski definition) is 3. The second kappa shape index (κ2) is 2.40. The Hall–Kier alpha value is -0.190. The first-order valence-corrected chi connectivity index (χ1v) is 4.56. The van der Waals surface area contributed by atoms with Gasteiger partial charge in [0.05, 0.1) is 4.48 Å². The lowest BCUT2D eigenvalue weighted by molar-refractivity contribution is -0.152. The van der Waals surface area contributed by atoms with E-state index in [1.165, 1.54) is 0 Å². The van der Waals surface area contributed by atoms with Crippen LogP contribution >= 0.6 is 15.9 Å². The first-order valence-electron chi connectivity index (χ1n) is 3.77. The highest BCUT2D eigenvalue weighted by Gasteiger charge is 2.48. The van der Waals surface area contributed by atoms with Crippen LogP contribution in [0.1, 0.15) is 13.8 Å². The maximum Gasteiger partial charge on any atom is 0.201 e. The highest BCUT2D eigenvalue weighted by molar-refractivity contribution is 9.12. The van der Waals surface area contributed by atoms with Gasteiger partial charge in [-0.1, -0.05) is 0 Å². The molecule has 1 heterocycles. The first kappa shape index (κ1) is 8.41. The predicted octanol–water partition coefficient (Wildman–Crippen LogP) is 1.37. The van der Waals surface area contributed by atoms with E-state index in [2.05, 4.69) is 15.9 Å². The Morgan fingerprint density at radius 3 is 2.75 bits per heavy atom. The Kier molecular flexibility index (Phi) is 1.68. The summed E-state index contributed by atoms with van der Waals surface area (Å²) in [5.41, 5.74) is 0. The van der Waals surface area contributed by atoms with E-state index < -0.39 is 11.9 Å². The molecule has 1 saturated heterocycles. The molecule has 0 N–H and O–H groups in total. The largest absolute Gasteiger partial charge is 0.340 e. The molecule has 0 aromatic rings. The van der Waals surface area contributed by atoms with Gasteiger partial charge in [0.25, 0.3) is 0 Å². The third kappa shape index (κ3) is 1.14. The zero-order valence-electron chi connectivity index (χ0n) is 6.83. The van der Waals surface area contributed by atoms with Crippen molar-refractivity contribution in [2.24, 2.45) is 0 Å². The number of carbonyl (C=O) groups excluding carboxylic acids is 1. The fraction of sp³-hybridized carbons (Fsp3) is 0.625. The quantitative estimate of drug-likeness (QED) is 0.633. The van der Waals surface area contributed by atoms with Crippen LogP contribution in [0.3, 0.4) is 0 Å². The molecule has 0 radical (unpaired) electrons. The van der Waals surface area contributed by atoms with E-state index in [0.29, 0.717) is 4.48 Å². The summed E-state index contributed by atoms with van der Waals surface area (Å²) in [5, 5.41) is 0. The molecule has 12 heavy (non-hydrogen) atoms. The fourth-order valence-electron chi connectivity index (χ4n) is 1.48. The Bertz CT molecular complexity index is 269. The minimum atomic E-state index is -0.630. The van der Waals surface area contributed by atoms with Crippen molar-refractivity contribution >= 4 is 21.7 Å². The number of halogens is 1. The van der Waals surface area contributed by atoms with Gasteiger partial charge in [-0.05, 0) is 35.9 Å². The number of fused-ring (bicyclic) bond motifs is 1. The molecule has 0 unspecified atom stereocenters. The summed E-state index contributed by atoms with van der Waals surface area (Å²) in [4.78, 5) is 11.4. The summed E-state index contributed by atoms with van der Waals surface area (Å²) < 4.78 is 11.4. The normalized spacial score (nSPS) is 38.2. The van der Waals surface area contributed by atoms with Gasteiger partial charge in [0.1, 0.15) is 6.10 Å². The smallest absolute Gasteiger partial charge is 0.201 e. The minimum absolute atomic E-state index is 0.0226. The Balaban J connectivity index is 2.25. The van der Waals surface area contributed by atoms with Crippen molar-refractivity contribution in [1.82, 2.24) is 0 Å². The Labute approximate surface area is 78.8 Å². The Morgan fingerprint density at radius 1 is 1.50 bits per heavy atom. The van der Waals surface area contributed by atoms with E-state index in [-0.39, 0.29) is 11.9 Å². The summed E-state index contributed by atoms with van der Waals surface area (Å²) >= 11 is 3.15. The predicted molar refractivity (Wildman–Crippen MR) is 45.8 cm³/mol. The molecule has 0 amide bonds. The number of carbonyl (C=O) groups is 1. The molecule has 1 fully saturated rings. The summed E-state index contributed by atoms with van der Waals surface area (Å²) in [6.07, 6.45) is 1.11. The van der Waals surface area contributed by atoms with Crippen molar-refractivity contribution in [2.75, 3.05) is 0 Å². The van der Waals surface area contributed by atoms with E-state index in [1.54, 1.807) is 19.9 Å². The lowest BCUT2D eigenvalue weighted by Crippen LogP contribution is -2.25. The summed E-state index contributed by atoms with van der Waals surface area (Å²) in [7, 11) is 0. The van der Waals surface area contributed by atoms with Gasteiger partial charge in [0.2, 0.25) is 5.78 Å². The number of ketones is 1. The molecule has 4 heteroatoms. The highest BCUT2D eigenvalue weighted by atomic mass is 79.9. The van der Waals surface area contributed by atoms with Gasteiger partial charge in [-0.2, -0.15) is 0 Å². The number of rotatable bonds is 0. The topological polar surface area (TPSA) is 35.5 Å². The molecule has 0 aromatic carbocycles. The maximum absolute atomic E-state index is 11.4. The summed E-state index contributed by atoms with van der Waals surface area (Å²) in [6, 6.07) is 0. The van der Waals surface area contributed by atoms with E-state index >= 15 is 0 Å². The molecule has 1 aliphatic heterocycles. The average Bonchev–Trinajstić information content (AvgIpc) is 2.33. The van der Waals surface area contributed by atoms with Crippen molar-refractivity contribution < 1.29 is 14.3 Å². The molecule has 0 saturated carbocycles. The molecular weight excluding hydrogens is 224 g/mol. The van der Waals surface area contributed by atoms with Gasteiger partial charge >= 0.3 is 0 Å². The fourth-order valence-corrected chi connectivity index (χ4v) is 1.96. The summed E-state index contributed by atoms with van der Waals surface area (Å²) in [5.74, 6) is -0.652. The minimum Gasteiger partial charge on any atom is -0.340 e. The molecule has 2 aliphatic rings. The van der Waals surface area contributed by atoms with Gasteiger partial charge < -0.3 is 9.47 Å². The van der Waals surface area contributed by atoms with Crippen LogP contribution in [0.25, 0.3) is 0 Å². The van der Waals surface area contributed by atoms with Crippen LogP contribution in [0.4, 0.5) is 0 Å². The number of ether oxygens (including phenoxy) is 2. The third-order valence-corrected chi connectivity index (χ3v) is 2.59. The summed E-state index contributed by atoms with van der Waals surface area (Å²) in [6.45, 7) is 3.61. The first-order chi connectivity index (χ1) is 5.49. The lowest BCUT2D eigenvalue weighted by atomic mass is 10.2. The van der Waals surface area contributed by atoms with E-state index in [9.17, 15) is 4.79 Å². The van der Waals surface area contributed by atoms with Gasteiger partial charge in [-0.15, -0.1) is 0 Å². The molecule has 0 aromatic heterocycles. The lowest BCUT2D eigenvalue weighted by Gasteiger charge is -2.16. The van der Waals surface area contributed by atoms with Crippen LogP contribution in [-0.4, -0.2) is 23.8 Å². The van der Waals surface area contributed by atoms with Crippen molar-refractivity contribution in [2.45, 2.75) is 31.8 Å². The highest BCUT2D eigenvalue weighted by Crippen LogP contribution is 2.36. The monoisotopic (exact) mass is 232 g/mol. The molecule has 2 rings (SSSR count). The van der Waals surface area contributed by atoms with Crippen LogP contribution in [0, 0.1) is 0 Å². The second-order valence-electron chi connectivity index (χ2n) is 3.40. The Morgan fingerprint density at radius 2 is 2.17 bits per heavy atom. The number of hydrogen-bond donors (Lipinski definition) is 0. The molecule has 2 atom stereocenters. The van der Waals surface area contributed by atoms with Crippen molar-refractivity contribution in [3.8, 4) is 0 Å². The molecule has 3 nitrogen and oxygen atoms in total. The second-order valence-corrected chi connectivity index (χ2v) is 4.25. The SMILES string of the molecule is CC1(C)O[C@@H]2C=C(Br)C(=O)[C@@H]2O1. The average molecular weight is 233 g/mol. The molecule has 66 valence electrons. The molecule has 0 bridgehead atoms. The van der Waals surface area contributed by atoms with E-state index in [1.807, 2.05) is 0 Å². The third-order valence-electron chi connectivity index (χ3n) is 1.93. The number of Topliss-reactive ketones (excluding diaryl/α,β-unsaturated/α-hetero) is 1. The van der Waals surface area contributed by atoms with Crippen molar-refractivity contribution in [3.63, 3.8) is 0 Å². The zero-order chi connectivity index (χ0) is 8.93. The van der Waals surface area contributed by atoms with Gasteiger partial charge in [0.15, 0.2) is 11.9 Å². The zero-order valence-corrected chi connectivity index (χ0v) is 8.42. The van der Waals surface area contributed by atoms with Crippen molar-refractivity contribution in [1.29, 1.82) is 0 Å². The van der Waals surface area contributed by atoms with Crippen LogP contribution < -0.4 is 0 Å². The van der Waals surface area contributed by atoms with E-state index in [0.717, 1.165) is 0 Å². The maximum atomic E-state index is 11.4.